The summed E-state index contributed by atoms with van der Waals surface area (Å²) in [6.07, 6.45) is 2.10. The van der Waals surface area contributed by atoms with Gasteiger partial charge in [-0.2, -0.15) is 11.8 Å². The molecule has 1 saturated heterocycles. The SMILES string of the molecule is CSC[C@@H](N)[C@H]1COC(C)(C)O1. The van der Waals surface area contributed by atoms with E-state index in [2.05, 4.69) is 0 Å². The fourth-order valence-corrected chi connectivity index (χ4v) is 1.83. The first-order valence-electron chi connectivity index (χ1n) is 4.11. The Balaban J connectivity index is 2.36. The van der Waals surface area contributed by atoms with Gasteiger partial charge in [-0.05, 0) is 20.1 Å². The number of rotatable bonds is 3. The molecule has 0 saturated carbocycles. The number of thioether (sulfide) groups is 1. The Hall–Kier alpha value is 0.230. The Morgan fingerprint density at radius 1 is 1.67 bits per heavy atom. The van der Waals surface area contributed by atoms with Crippen LogP contribution in [-0.4, -0.2) is 36.5 Å². The van der Waals surface area contributed by atoms with Crippen LogP contribution in [-0.2, 0) is 9.47 Å². The summed E-state index contributed by atoms with van der Waals surface area (Å²) < 4.78 is 11.0. The van der Waals surface area contributed by atoms with Crippen molar-refractivity contribution in [2.45, 2.75) is 31.8 Å². The summed E-state index contributed by atoms with van der Waals surface area (Å²) in [4.78, 5) is 0. The van der Waals surface area contributed by atoms with Gasteiger partial charge in [-0.15, -0.1) is 0 Å². The van der Waals surface area contributed by atoms with E-state index >= 15 is 0 Å². The standard InChI is InChI=1S/C8H17NO2S/c1-8(2)10-4-7(11-8)6(9)5-12-3/h6-7H,4-5,9H2,1-3H3/t6-,7-/m1/s1. The second kappa shape index (κ2) is 3.96. The van der Waals surface area contributed by atoms with E-state index < -0.39 is 5.79 Å². The lowest BCUT2D eigenvalue weighted by Crippen LogP contribution is -2.39. The third-order valence-electron chi connectivity index (χ3n) is 1.87. The van der Waals surface area contributed by atoms with Gasteiger partial charge in [0.05, 0.1) is 6.61 Å². The first kappa shape index (κ1) is 10.3. The van der Waals surface area contributed by atoms with E-state index in [0.717, 1.165) is 5.75 Å². The zero-order valence-electron chi connectivity index (χ0n) is 7.87. The second-order valence-electron chi connectivity index (χ2n) is 3.49. The molecule has 1 fully saturated rings. The zero-order valence-corrected chi connectivity index (χ0v) is 8.69. The molecule has 1 rings (SSSR count). The summed E-state index contributed by atoms with van der Waals surface area (Å²) in [5.74, 6) is 0.477. The van der Waals surface area contributed by atoms with Crippen molar-refractivity contribution in [3.63, 3.8) is 0 Å². The van der Waals surface area contributed by atoms with Gasteiger partial charge < -0.3 is 15.2 Å². The lowest BCUT2D eigenvalue weighted by atomic mass is 10.2. The van der Waals surface area contributed by atoms with Crippen LogP contribution in [0.5, 0.6) is 0 Å². The van der Waals surface area contributed by atoms with Crippen molar-refractivity contribution in [2.75, 3.05) is 18.6 Å². The summed E-state index contributed by atoms with van der Waals surface area (Å²) in [5, 5.41) is 0. The Morgan fingerprint density at radius 2 is 2.33 bits per heavy atom. The Kier molecular flexibility index (Phi) is 3.40. The maximum absolute atomic E-state index is 5.88. The summed E-state index contributed by atoms with van der Waals surface area (Å²) in [7, 11) is 0. The third kappa shape index (κ3) is 2.62. The first-order valence-corrected chi connectivity index (χ1v) is 5.51. The molecular weight excluding hydrogens is 174 g/mol. The highest BCUT2D eigenvalue weighted by Crippen LogP contribution is 2.24. The van der Waals surface area contributed by atoms with Gasteiger partial charge in [0.15, 0.2) is 5.79 Å². The summed E-state index contributed by atoms with van der Waals surface area (Å²) in [5.41, 5.74) is 5.88. The van der Waals surface area contributed by atoms with Crippen LogP contribution in [0.3, 0.4) is 0 Å². The number of ether oxygens (including phenoxy) is 2. The van der Waals surface area contributed by atoms with Crippen LogP contribution in [0.25, 0.3) is 0 Å². The van der Waals surface area contributed by atoms with Gasteiger partial charge in [0.2, 0.25) is 0 Å². The molecule has 0 bridgehead atoms. The van der Waals surface area contributed by atoms with E-state index in [1.54, 1.807) is 11.8 Å². The number of hydrogen-bond donors (Lipinski definition) is 1. The van der Waals surface area contributed by atoms with Crippen LogP contribution < -0.4 is 5.73 Å². The average molecular weight is 191 g/mol. The maximum Gasteiger partial charge on any atom is 0.163 e. The monoisotopic (exact) mass is 191 g/mol. The fourth-order valence-electron chi connectivity index (χ4n) is 1.23. The van der Waals surface area contributed by atoms with E-state index in [1.807, 2.05) is 20.1 Å². The van der Waals surface area contributed by atoms with E-state index in [4.69, 9.17) is 15.2 Å². The van der Waals surface area contributed by atoms with Gasteiger partial charge in [-0.3, -0.25) is 0 Å². The molecule has 0 amide bonds. The molecular formula is C8H17NO2S. The molecule has 1 heterocycles. The largest absolute Gasteiger partial charge is 0.348 e. The maximum atomic E-state index is 5.88. The van der Waals surface area contributed by atoms with Gasteiger partial charge >= 0.3 is 0 Å². The smallest absolute Gasteiger partial charge is 0.163 e. The molecule has 1 aliphatic rings. The minimum Gasteiger partial charge on any atom is -0.348 e. The summed E-state index contributed by atoms with van der Waals surface area (Å²) in [6.45, 7) is 4.45. The molecule has 0 aromatic carbocycles. The molecule has 0 aromatic heterocycles. The third-order valence-corrected chi connectivity index (χ3v) is 2.59. The quantitative estimate of drug-likeness (QED) is 0.717. The van der Waals surface area contributed by atoms with Gasteiger partial charge in [0, 0.05) is 11.8 Å². The van der Waals surface area contributed by atoms with Crippen molar-refractivity contribution in [3.05, 3.63) is 0 Å². The molecule has 2 N–H and O–H groups in total. The van der Waals surface area contributed by atoms with Crippen molar-refractivity contribution in [1.29, 1.82) is 0 Å². The van der Waals surface area contributed by atoms with Crippen LogP contribution in [0.15, 0.2) is 0 Å². The lowest BCUT2D eigenvalue weighted by molar-refractivity contribution is -0.139. The zero-order chi connectivity index (χ0) is 9.19. The highest BCUT2D eigenvalue weighted by atomic mass is 32.2. The Bertz CT molecular complexity index is 152. The highest BCUT2D eigenvalue weighted by molar-refractivity contribution is 7.98. The molecule has 3 nitrogen and oxygen atoms in total. The fraction of sp³-hybridized carbons (Fsp3) is 1.00. The summed E-state index contributed by atoms with van der Waals surface area (Å²) in [6, 6.07) is 0.0850. The number of hydrogen-bond acceptors (Lipinski definition) is 4. The predicted octanol–water partition coefficient (Wildman–Crippen LogP) is 0.828. The van der Waals surface area contributed by atoms with Crippen molar-refractivity contribution >= 4 is 11.8 Å². The Labute approximate surface area is 78.0 Å². The van der Waals surface area contributed by atoms with Crippen molar-refractivity contribution in [2.24, 2.45) is 5.73 Å². The van der Waals surface area contributed by atoms with Gasteiger partial charge in [0.1, 0.15) is 6.10 Å². The van der Waals surface area contributed by atoms with Crippen molar-refractivity contribution < 1.29 is 9.47 Å². The van der Waals surface area contributed by atoms with Crippen LogP contribution in [0.2, 0.25) is 0 Å². The first-order chi connectivity index (χ1) is 5.55. The molecule has 0 radical (unpaired) electrons. The molecule has 12 heavy (non-hydrogen) atoms. The molecule has 0 unspecified atom stereocenters. The topological polar surface area (TPSA) is 44.5 Å². The minimum absolute atomic E-state index is 0.0625. The molecule has 2 atom stereocenters. The van der Waals surface area contributed by atoms with Crippen LogP contribution in [0, 0.1) is 0 Å². The molecule has 1 aliphatic heterocycles. The minimum atomic E-state index is -0.444. The van der Waals surface area contributed by atoms with Crippen LogP contribution >= 0.6 is 11.8 Å². The normalized spacial score (nSPS) is 30.5. The highest BCUT2D eigenvalue weighted by Gasteiger charge is 2.35. The summed E-state index contributed by atoms with van der Waals surface area (Å²) >= 11 is 1.74. The van der Waals surface area contributed by atoms with Gasteiger partial charge in [-0.1, -0.05) is 0 Å². The molecule has 0 spiro atoms. The number of nitrogens with two attached hydrogens (primary N) is 1. The average Bonchev–Trinajstić information content (AvgIpc) is 2.31. The van der Waals surface area contributed by atoms with Crippen LogP contribution in [0.1, 0.15) is 13.8 Å². The predicted molar refractivity (Wildman–Crippen MR) is 51.3 cm³/mol. The molecule has 72 valence electrons. The van der Waals surface area contributed by atoms with E-state index in [-0.39, 0.29) is 12.1 Å². The molecule has 0 aromatic rings. The Morgan fingerprint density at radius 3 is 2.75 bits per heavy atom. The molecule has 4 heteroatoms. The van der Waals surface area contributed by atoms with E-state index in [0.29, 0.717) is 6.61 Å². The van der Waals surface area contributed by atoms with Gasteiger partial charge in [0.25, 0.3) is 0 Å². The van der Waals surface area contributed by atoms with E-state index in [9.17, 15) is 0 Å². The van der Waals surface area contributed by atoms with Crippen molar-refractivity contribution in [1.82, 2.24) is 0 Å². The molecule has 0 aliphatic carbocycles. The van der Waals surface area contributed by atoms with E-state index in [1.165, 1.54) is 0 Å². The van der Waals surface area contributed by atoms with Gasteiger partial charge in [-0.25, -0.2) is 0 Å². The lowest BCUT2D eigenvalue weighted by Gasteiger charge is -2.20. The second-order valence-corrected chi connectivity index (χ2v) is 4.40. The van der Waals surface area contributed by atoms with Crippen molar-refractivity contribution in [3.8, 4) is 0 Å². The van der Waals surface area contributed by atoms with Crippen LogP contribution in [0.4, 0.5) is 0 Å².